The van der Waals surface area contributed by atoms with E-state index >= 15 is 0 Å². The lowest BCUT2D eigenvalue weighted by atomic mass is 10.1. The van der Waals surface area contributed by atoms with Crippen molar-refractivity contribution in [2.45, 2.75) is 19.5 Å². The number of nitrogens with two attached hydrogens (primary N) is 1. The third kappa shape index (κ3) is 3.21. The molecule has 1 saturated heterocycles. The molecular formula is C18H19ClN6O. The average molecular weight is 371 g/mol. The molecule has 0 saturated carbocycles. The van der Waals surface area contributed by atoms with E-state index in [0.29, 0.717) is 36.7 Å². The van der Waals surface area contributed by atoms with Crippen molar-refractivity contribution in [1.29, 1.82) is 0 Å². The predicted molar refractivity (Wildman–Crippen MR) is 101 cm³/mol. The Morgan fingerprint density at radius 2 is 2.04 bits per heavy atom. The second-order valence-electron chi connectivity index (χ2n) is 6.26. The fourth-order valence-corrected chi connectivity index (χ4v) is 3.22. The van der Waals surface area contributed by atoms with Gasteiger partial charge in [0.15, 0.2) is 17.0 Å². The molecule has 0 radical (unpaired) electrons. The van der Waals surface area contributed by atoms with Crippen LogP contribution in [0, 0.1) is 0 Å². The normalized spacial score (nSPS) is 17.7. The third-order valence-electron chi connectivity index (χ3n) is 4.49. The van der Waals surface area contributed by atoms with Gasteiger partial charge in [-0.15, -0.1) is 0 Å². The maximum absolute atomic E-state index is 6.17. The molecule has 1 aliphatic rings. The van der Waals surface area contributed by atoms with Gasteiger partial charge in [0.05, 0.1) is 31.1 Å². The number of hydrogen-bond acceptors (Lipinski definition) is 7. The maximum Gasteiger partial charge on any atom is 0.226 e. The van der Waals surface area contributed by atoms with Gasteiger partial charge in [0.1, 0.15) is 0 Å². The summed E-state index contributed by atoms with van der Waals surface area (Å²) in [6, 6.07) is 8.10. The van der Waals surface area contributed by atoms with Crippen molar-refractivity contribution in [3.05, 3.63) is 41.3 Å². The monoisotopic (exact) mass is 370 g/mol. The Bertz CT molecular complexity index is 933. The molecule has 0 aliphatic carbocycles. The number of fused-ring (bicyclic) bond motifs is 1. The molecule has 0 bridgehead atoms. The van der Waals surface area contributed by atoms with Crippen LogP contribution in [0.5, 0.6) is 0 Å². The standard InChI is InChI=1S/C18H19ClN6O/c1-11-10-26-7-6-25(11)17-15-16(23-18(19)24-17)22-14(9-21-15)13-4-2-12(8-20)3-5-13/h2-5,9,11H,6-8,10,20H2,1H3/t11-/m0/s1. The van der Waals surface area contributed by atoms with E-state index < -0.39 is 0 Å². The first-order chi connectivity index (χ1) is 12.7. The van der Waals surface area contributed by atoms with E-state index in [1.54, 1.807) is 6.20 Å². The van der Waals surface area contributed by atoms with Gasteiger partial charge in [-0.3, -0.25) is 0 Å². The third-order valence-corrected chi connectivity index (χ3v) is 4.66. The lowest BCUT2D eigenvalue weighted by Gasteiger charge is -2.34. The Labute approximate surface area is 156 Å². The van der Waals surface area contributed by atoms with Crippen molar-refractivity contribution in [2.24, 2.45) is 5.73 Å². The Balaban J connectivity index is 1.78. The molecule has 1 aliphatic heterocycles. The molecule has 2 aromatic heterocycles. The second-order valence-corrected chi connectivity index (χ2v) is 6.60. The zero-order valence-electron chi connectivity index (χ0n) is 14.4. The first-order valence-corrected chi connectivity index (χ1v) is 8.87. The number of nitrogens with zero attached hydrogens (tertiary/aromatic N) is 5. The molecule has 4 rings (SSSR count). The molecule has 0 unspecified atom stereocenters. The van der Waals surface area contributed by atoms with Gasteiger partial charge in [0.25, 0.3) is 0 Å². The highest BCUT2D eigenvalue weighted by Gasteiger charge is 2.24. The fraction of sp³-hybridized carbons (Fsp3) is 0.333. The lowest BCUT2D eigenvalue weighted by Crippen LogP contribution is -2.44. The molecule has 2 N–H and O–H groups in total. The number of ether oxygens (including phenoxy) is 1. The maximum atomic E-state index is 6.17. The molecule has 134 valence electrons. The van der Waals surface area contributed by atoms with Crippen molar-refractivity contribution in [3.63, 3.8) is 0 Å². The van der Waals surface area contributed by atoms with E-state index in [2.05, 4.69) is 31.8 Å². The van der Waals surface area contributed by atoms with Crippen LogP contribution < -0.4 is 10.6 Å². The highest BCUT2D eigenvalue weighted by Crippen LogP contribution is 2.27. The molecule has 1 aromatic carbocycles. The SMILES string of the molecule is C[C@H]1COCCN1c1nc(Cl)nc2nc(-c3ccc(CN)cc3)cnc12. The summed E-state index contributed by atoms with van der Waals surface area (Å²) in [7, 11) is 0. The second kappa shape index (κ2) is 7.11. The fourth-order valence-electron chi connectivity index (χ4n) is 3.06. The Kier molecular flexibility index (Phi) is 4.67. The van der Waals surface area contributed by atoms with E-state index in [1.165, 1.54) is 0 Å². The zero-order valence-corrected chi connectivity index (χ0v) is 15.1. The highest BCUT2D eigenvalue weighted by molar-refractivity contribution is 6.28. The topological polar surface area (TPSA) is 90.0 Å². The van der Waals surface area contributed by atoms with Crippen molar-refractivity contribution in [3.8, 4) is 11.3 Å². The van der Waals surface area contributed by atoms with Crippen LogP contribution in [0.15, 0.2) is 30.5 Å². The molecule has 0 spiro atoms. The minimum atomic E-state index is 0.163. The molecule has 0 amide bonds. The van der Waals surface area contributed by atoms with Gasteiger partial charge in [0.2, 0.25) is 5.28 Å². The summed E-state index contributed by atoms with van der Waals surface area (Å²) >= 11 is 6.17. The number of aromatic nitrogens is 4. The minimum Gasteiger partial charge on any atom is -0.377 e. The Morgan fingerprint density at radius 1 is 1.23 bits per heavy atom. The molecule has 3 heterocycles. The van der Waals surface area contributed by atoms with Crippen LogP contribution in [-0.2, 0) is 11.3 Å². The van der Waals surface area contributed by atoms with Crippen LogP contribution in [0.25, 0.3) is 22.4 Å². The summed E-state index contributed by atoms with van der Waals surface area (Å²) in [5.41, 5.74) is 9.54. The number of morpholine rings is 1. The van der Waals surface area contributed by atoms with E-state index in [1.807, 2.05) is 24.3 Å². The van der Waals surface area contributed by atoms with E-state index in [4.69, 9.17) is 22.1 Å². The largest absolute Gasteiger partial charge is 0.377 e. The Morgan fingerprint density at radius 3 is 2.77 bits per heavy atom. The molecular weight excluding hydrogens is 352 g/mol. The lowest BCUT2D eigenvalue weighted by molar-refractivity contribution is 0.0986. The minimum absolute atomic E-state index is 0.163. The summed E-state index contributed by atoms with van der Waals surface area (Å²) in [4.78, 5) is 20.1. The van der Waals surface area contributed by atoms with E-state index in [0.717, 1.165) is 23.4 Å². The first-order valence-electron chi connectivity index (χ1n) is 8.50. The number of rotatable bonds is 3. The highest BCUT2D eigenvalue weighted by atomic mass is 35.5. The van der Waals surface area contributed by atoms with Gasteiger partial charge < -0.3 is 15.4 Å². The van der Waals surface area contributed by atoms with Gasteiger partial charge in [-0.1, -0.05) is 24.3 Å². The van der Waals surface area contributed by atoms with Crippen molar-refractivity contribution >= 4 is 28.6 Å². The van der Waals surface area contributed by atoms with Gasteiger partial charge >= 0.3 is 0 Å². The molecule has 26 heavy (non-hydrogen) atoms. The van der Waals surface area contributed by atoms with Crippen LogP contribution in [0.3, 0.4) is 0 Å². The quantitative estimate of drug-likeness (QED) is 0.708. The van der Waals surface area contributed by atoms with Gasteiger partial charge in [0, 0.05) is 18.7 Å². The number of benzene rings is 1. The summed E-state index contributed by atoms with van der Waals surface area (Å²) < 4.78 is 5.51. The van der Waals surface area contributed by atoms with E-state index in [-0.39, 0.29) is 11.3 Å². The van der Waals surface area contributed by atoms with Gasteiger partial charge in [-0.05, 0) is 24.1 Å². The van der Waals surface area contributed by atoms with Gasteiger partial charge in [-0.25, -0.2) is 9.97 Å². The molecule has 8 heteroatoms. The van der Waals surface area contributed by atoms with Crippen LogP contribution in [0.1, 0.15) is 12.5 Å². The van der Waals surface area contributed by atoms with Crippen LogP contribution in [0.2, 0.25) is 5.28 Å². The predicted octanol–water partition coefficient (Wildman–Crippen LogP) is 2.42. The summed E-state index contributed by atoms with van der Waals surface area (Å²) in [5.74, 6) is 0.702. The Hall–Kier alpha value is -2.35. The van der Waals surface area contributed by atoms with Crippen molar-refractivity contribution in [1.82, 2.24) is 19.9 Å². The number of anilines is 1. The smallest absolute Gasteiger partial charge is 0.226 e. The van der Waals surface area contributed by atoms with Crippen LogP contribution >= 0.6 is 11.6 Å². The first kappa shape index (κ1) is 17.1. The average Bonchev–Trinajstić information content (AvgIpc) is 2.67. The molecule has 1 fully saturated rings. The van der Waals surface area contributed by atoms with E-state index in [9.17, 15) is 0 Å². The molecule has 7 nitrogen and oxygen atoms in total. The number of hydrogen-bond donors (Lipinski definition) is 1. The van der Waals surface area contributed by atoms with Crippen LogP contribution in [-0.4, -0.2) is 45.7 Å². The summed E-state index contributed by atoms with van der Waals surface area (Å²) in [6.45, 7) is 4.61. The molecule has 1 atom stereocenters. The van der Waals surface area contributed by atoms with Gasteiger partial charge in [-0.2, -0.15) is 9.97 Å². The van der Waals surface area contributed by atoms with Crippen molar-refractivity contribution in [2.75, 3.05) is 24.7 Å². The van der Waals surface area contributed by atoms with Crippen molar-refractivity contribution < 1.29 is 4.74 Å². The summed E-state index contributed by atoms with van der Waals surface area (Å²) in [6.07, 6.45) is 1.74. The summed E-state index contributed by atoms with van der Waals surface area (Å²) in [5, 5.41) is 0.163. The zero-order chi connectivity index (χ0) is 18.1. The molecule has 3 aromatic rings. The number of halogens is 1. The van der Waals surface area contributed by atoms with Crippen LogP contribution in [0.4, 0.5) is 5.82 Å².